The number of hydrogen-bond donors (Lipinski definition) is 1. The van der Waals surface area contributed by atoms with Crippen molar-refractivity contribution >= 4 is 28.7 Å². The van der Waals surface area contributed by atoms with Gasteiger partial charge in [-0.2, -0.15) is 0 Å². The third-order valence-electron chi connectivity index (χ3n) is 3.05. The number of nitrogens with one attached hydrogen (secondary N) is 1. The zero-order chi connectivity index (χ0) is 15.1. The van der Waals surface area contributed by atoms with Gasteiger partial charge in [-0.25, -0.2) is 0 Å². The molecule has 0 aliphatic rings. The van der Waals surface area contributed by atoms with E-state index in [-0.39, 0.29) is 12.0 Å². The molecule has 0 aliphatic carbocycles. The number of ether oxygens (including phenoxy) is 1. The maximum absolute atomic E-state index is 11.4. The van der Waals surface area contributed by atoms with E-state index in [0.29, 0.717) is 12.4 Å². The fraction of sp³-hybridized carbons (Fsp3) is 0.438. The molecule has 5 heteroatoms. The minimum atomic E-state index is -0.164. The predicted molar refractivity (Wildman–Crippen MR) is 86.6 cm³/mol. The maximum atomic E-state index is 11.4. The van der Waals surface area contributed by atoms with Crippen molar-refractivity contribution in [1.29, 1.82) is 0 Å². The van der Waals surface area contributed by atoms with Crippen LogP contribution in [0.3, 0.4) is 0 Å². The molecule has 0 saturated carbocycles. The molecule has 2 rings (SSSR count). The highest BCUT2D eigenvalue weighted by molar-refractivity contribution is 7.99. The van der Waals surface area contributed by atoms with Crippen LogP contribution in [0.25, 0.3) is 11.0 Å². The largest absolute Gasteiger partial charge is 0.465 e. The summed E-state index contributed by atoms with van der Waals surface area (Å²) in [5, 5.41) is 4.50. The maximum Gasteiger partial charge on any atom is 0.315 e. The van der Waals surface area contributed by atoms with E-state index in [1.165, 1.54) is 0 Å². The summed E-state index contributed by atoms with van der Waals surface area (Å²) in [6.45, 7) is 5.16. The van der Waals surface area contributed by atoms with Crippen molar-refractivity contribution in [1.82, 2.24) is 5.32 Å². The summed E-state index contributed by atoms with van der Waals surface area (Å²) in [5.74, 6) is 1.89. The van der Waals surface area contributed by atoms with Crippen LogP contribution in [0.5, 0.6) is 0 Å². The summed E-state index contributed by atoms with van der Waals surface area (Å²) < 4.78 is 10.8. The van der Waals surface area contributed by atoms with Gasteiger partial charge in [0.05, 0.1) is 18.4 Å². The fourth-order valence-corrected chi connectivity index (χ4v) is 3.01. The van der Waals surface area contributed by atoms with Gasteiger partial charge in [0, 0.05) is 11.1 Å². The Balaban J connectivity index is 1.99. The van der Waals surface area contributed by atoms with Gasteiger partial charge in [0.2, 0.25) is 0 Å². The van der Waals surface area contributed by atoms with Crippen LogP contribution in [0, 0.1) is 0 Å². The van der Waals surface area contributed by atoms with Gasteiger partial charge >= 0.3 is 5.97 Å². The first-order valence-corrected chi connectivity index (χ1v) is 8.35. The van der Waals surface area contributed by atoms with Crippen molar-refractivity contribution < 1.29 is 13.9 Å². The molecule has 1 unspecified atom stereocenters. The third kappa shape index (κ3) is 4.51. The molecule has 1 atom stereocenters. The molecule has 1 aromatic heterocycles. The average Bonchev–Trinajstić information content (AvgIpc) is 2.90. The molecule has 1 N–H and O–H groups in total. The van der Waals surface area contributed by atoms with E-state index in [4.69, 9.17) is 9.15 Å². The summed E-state index contributed by atoms with van der Waals surface area (Å²) in [5.41, 5.74) is 0.894. The fourth-order valence-electron chi connectivity index (χ4n) is 2.12. The highest BCUT2D eigenvalue weighted by atomic mass is 32.2. The van der Waals surface area contributed by atoms with Crippen LogP contribution in [0.1, 0.15) is 25.6 Å². The number of thioether (sulfide) groups is 1. The molecule has 4 nitrogen and oxygen atoms in total. The van der Waals surface area contributed by atoms with Crippen LogP contribution >= 0.6 is 11.8 Å². The number of carbonyl (C=O) groups excluding carboxylic acids is 1. The number of fused-ring (bicyclic) bond motifs is 1. The van der Waals surface area contributed by atoms with Crippen molar-refractivity contribution in [2.45, 2.75) is 19.9 Å². The molecule has 0 saturated heterocycles. The lowest BCUT2D eigenvalue weighted by atomic mass is 10.2. The van der Waals surface area contributed by atoms with Crippen LogP contribution in [-0.2, 0) is 9.53 Å². The minimum absolute atomic E-state index is 0.0989. The Hall–Kier alpha value is -1.46. The molecule has 21 heavy (non-hydrogen) atoms. The standard InChI is InChI=1S/C16H21NO3S/c1-3-17-13(10-21-11-16(18)19-4-2)15-9-12-7-5-6-8-14(12)20-15/h5-9,13,17H,3-4,10-11H2,1-2H3. The molecule has 2 aromatic rings. The van der Waals surface area contributed by atoms with Gasteiger partial charge in [-0.15, -0.1) is 11.8 Å². The molecule has 0 fully saturated rings. The van der Waals surface area contributed by atoms with Crippen LogP contribution in [0.2, 0.25) is 0 Å². The molecule has 0 radical (unpaired) electrons. The monoisotopic (exact) mass is 307 g/mol. The smallest absolute Gasteiger partial charge is 0.315 e. The number of esters is 1. The van der Waals surface area contributed by atoms with E-state index in [9.17, 15) is 4.79 Å². The number of carbonyl (C=O) groups is 1. The van der Waals surface area contributed by atoms with Gasteiger partial charge in [0.1, 0.15) is 11.3 Å². The SMILES string of the molecule is CCNC(CSCC(=O)OCC)c1cc2ccccc2o1. The first-order valence-electron chi connectivity index (χ1n) is 7.19. The first kappa shape index (κ1) is 15.9. The molecule has 1 heterocycles. The minimum Gasteiger partial charge on any atom is -0.465 e. The van der Waals surface area contributed by atoms with E-state index in [2.05, 4.69) is 18.3 Å². The molecular weight excluding hydrogens is 286 g/mol. The average molecular weight is 307 g/mol. The summed E-state index contributed by atoms with van der Waals surface area (Å²) >= 11 is 1.56. The molecule has 0 aliphatic heterocycles. The van der Waals surface area contributed by atoms with Gasteiger partial charge in [-0.1, -0.05) is 25.1 Å². The van der Waals surface area contributed by atoms with Crippen LogP contribution < -0.4 is 5.32 Å². The van der Waals surface area contributed by atoms with Crippen molar-refractivity contribution in [3.05, 3.63) is 36.1 Å². The van der Waals surface area contributed by atoms with E-state index in [0.717, 1.165) is 29.0 Å². The molecule has 0 bridgehead atoms. The number of hydrogen-bond acceptors (Lipinski definition) is 5. The summed E-state index contributed by atoms with van der Waals surface area (Å²) in [6.07, 6.45) is 0. The summed E-state index contributed by atoms with van der Waals surface area (Å²) in [4.78, 5) is 11.4. The van der Waals surface area contributed by atoms with Gasteiger partial charge in [-0.05, 0) is 25.6 Å². The Labute approximate surface area is 129 Å². The Morgan fingerprint density at radius 3 is 2.90 bits per heavy atom. The second kappa shape index (κ2) is 8.10. The molecule has 0 spiro atoms. The Morgan fingerprint density at radius 1 is 1.38 bits per heavy atom. The van der Waals surface area contributed by atoms with Crippen molar-refractivity contribution in [2.75, 3.05) is 24.7 Å². The lowest BCUT2D eigenvalue weighted by Gasteiger charge is -2.14. The van der Waals surface area contributed by atoms with Crippen LogP contribution in [0.15, 0.2) is 34.7 Å². The van der Waals surface area contributed by atoms with Gasteiger partial charge in [0.25, 0.3) is 0 Å². The number of furan rings is 1. The number of para-hydroxylation sites is 1. The second-order valence-corrected chi connectivity index (χ2v) is 5.65. The normalized spacial score (nSPS) is 12.5. The highest BCUT2D eigenvalue weighted by Crippen LogP contribution is 2.26. The van der Waals surface area contributed by atoms with Crippen LogP contribution in [0.4, 0.5) is 0 Å². The van der Waals surface area contributed by atoms with E-state index < -0.39 is 0 Å². The Bertz CT molecular complexity index is 549. The number of rotatable bonds is 8. The molecular formula is C16H21NO3S. The van der Waals surface area contributed by atoms with Gasteiger partial charge in [-0.3, -0.25) is 4.79 Å². The zero-order valence-electron chi connectivity index (χ0n) is 12.4. The van der Waals surface area contributed by atoms with E-state index >= 15 is 0 Å². The topological polar surface area (TPSA) is 51.5 Å². The third-order valence-corrected chi connectivity index (χ3v) is 4.06. The van der Waals surface area contributed by atoms with Crippen molar-refractivity contribution in [3.63, 3.8) is 0 Å². The van der Waals surface area contributed by atoms with Crippen molar-refractivity contribution in [3.8, 4) is 0 Å². The summed E-state index contributed by atoms with van der Waals surface area (Å²) in [7, 11) is 0. The predicted octanol–water partition coefficient (Wildman–Crippen LogP) is 3.38. The van der Waals surface area contributed by atoms with E-state index in [1.54, 1.807) is 11.8 Å². The Morgan fingerprint density at radius 2 is 2.19 bits per heavy atom. The molecule has 114 valence electrons. The second-order valence-electron chi connectivity index (χ2n) is 4.62. The first-order chi connectivity index (χ1) is 10.2. The van der Waals surface area contributed by atoms with Gasteiger partial charge < -0.3 is 14.5 Å². The molecule has 0 amide bonds. The van der Waals surface area contributed by atoms with Crippen LogP contribution in [-0.4, -0.2) is 30.6 Å². The van der Waals surface area contributed by atoms with Gasteiger partial charge in [0.15, 0.2) is 0 Å². The zero-order valence-corrected chi connectivity index (χ0v) is 13.2. The quantitative estimate of drug-likeness (QED) is 0.758. The highest BCUT2D eigenvalue weighted by Gasteiger charge is 2.16. The number of benzene rings is 1. The Kier molecular flexibility index (Phi) is 6.14. The lowest BCUT2D eigenvalue weighted by molar-refractivity contribution is -0.139. The lowest BCUT2D eigenvalue weighted by Crippen LogP contribution is -2.23. The summed E-state index contributed by atoms with van der Waals surface area (Å²) in [6, 6.07) is 10.1. The van der Waals surface area contributed by atoms with Crippen molar-refractivity contribution in [2.24, 2.45) is 0 Å². The van der Waals surface area contributed by atoms with E-state index in [1.807, 2.05) is 31.2 Å². The molecule has 1 aromatic carbocycles.